The third-order valence-corrected chi connectivity index (χ3v) is 4.88. The molecule has 126 valence electrons. The largest absolute Gasteiger partial charge is 0.380 e. The Morgan fingerprint density at radius 3 is 2.62 bits per heavy atom. The van der Waals surface area contributed by atoms with Gasteiger partial charge in [0.2, 0.25) is 0 Å². The van der Waals surface area contributed by atoms with Gasteiger partial charge in [0, 0.05) is 22.8 Å². The molecule has 0 saturated heterocycles. The van der Waals surface area contributed by atoms with E-state index in [2.05, 4.69) is 50.5 Å². The van der Waals surface area contributed by atoms with Crippen LogP contribution in [0.1, 0.15) is 29.9 Å². The summed E-state index contributed by atoms with van der Waals surface area (Å²) >= 11 is 3.47. The van der Waals surface area contributed by atoms with E-state index in [4.69, 9.17) is 10.5 Å². The van der Waals surface area contributed by atoms with Gasteiger partial charge in [-0.3, -0.25) is 0 Å². The Morgan fingerprint density at radius 1 is 1.21 bits per heavy atom. The molecule has 0 unspecified atom stereocenters. The van der Waals surface area contributed by atoms with Crippen LogP contribution < -0.4 is 11.1 Å². The number of aliphatic imine (C=N–C) groups is 1. The lowest BCUT2D eigenvalue weighted by atomic mass is 9.76. The monoisotopic (exact) mass is 387 g/mol. The minimum absolute atomic E-state index is 0.292. The summed E-state index contributed by atoms with van der Waals surface area (Å²) in [6, 6.07) is 16.8. The number of nitrogens with two attached hydrogens (primary N) is 1. The summed E-state index contributed by atoms with van der Waals surface area (Å²) < 4.78 is 6.33. The van der Waals surface area contributed by atoms with Crippen molar-refractivity contribution in [3.05, 3.63) is 64.1 Å². The van der Waals surface area contributed by atoms with Crippen LogP contribution >= 0.6 is 15.9 Å². The fourth-order valence-electron chi connectivity index (χ4n) is 2.99. The van der Waals surface area contributed by atoms with E-state index >= 15 is 0 Å². The van der Waals surface area contributed by atoms with Gasteiger partial charge in [0.25, 0.3) is 0 Å². The minimum Gasteiger partial charge on any atom is -0.380 e. The third-order valence-electron chi connectivity index (χ3n) is 4.36. The molecule has 0 spiro atoms. The van der Waals surface area contributed by atoms with Gasteiger partial charge in [-0.1, -0.05) is 46.3 Å². The molecule has 1 aliphatic carbocycles. The molecule has 2 aromatic rings. The zero-order chi connectivity index (χ0) is 16.9. The number of para-hydroxylation sites is 1. The van der Waals surface area contributed by atoms with Crippen LogP contribution in [-0.2, 0) is 11.3 Å². The average Bonchev–Trinajstić information content (AvgIpc) is 2.54. The molecular weight excluding hydrogens is 366 g/mol. The van der Waals surface area contributed by atoms with Crippen molar-refractivity contribution in [2.45, 2.75) is 31.4 Å². The fourth-order valence-corrected chi connectivity index (χ4v) is 3.26. The van der Waals surface area contributed by atoms with E-state index in [1.165, 1.54) is 5.56 Å². The minimum atomic E-state index is 0.292. The van der Waals surface area contributed by atoms with E-state index in [-0.39, 0.29) is 0 Å². The topological polar surface area (TPSA) is 59.6 Å². The van der Waals surface area contributed by atoms with Gasteiger partial charge >= 0.3 is 0 Å². The molecule has 0 atom stereocenters. The number of guanidine groups is 1. The summed E-state index contributed by atoms with van der Waals surface area (Å²) in [6.45, 7) is 0.547. The number of nitrogens with zero attached hydrogens (tertiary/aromatic N) is 1. The van der Waals surface area contributed by atoms with Crippen molar-refractivity contribution in [3.63, 3.8) is 0 Å². The van der Waals surface area contributed by atoms with Crippen LogP contribution in [0.3, 0.4) is 0 Å². The number of methoxy groups -OCH3 is 1. The highest BCUT2D eigenvalue weighted by Crippen LogP contribution is 2.39. The lowest BCUT2D eigenvalue weighted by Crippen LogP contribution is -2.31. The first-order valence-corrected chi connectivity index (χ1v) is 8.87. The Labute approximate surface area is 151 Å². The molecule has 0 heterocycles. The van der Waals surface area contributed by atoms with E-state index in [9.17, 15) is 0 Å². The van der Waals surface area contributed by atoms with E-state index in [0.717, 1.165) is 28.6 Å². The molecule has 0 amide bonds. The molecule has 0 radical (unpaired) electrons. The maximum atomic E-state index is 6.08. The predicted molar refractivity (Wildman–Crippen MR) is 102 cm³/mol. The van der Waals surface area contributed by atoms with Crippen molar-refractivity contribution >= 4 is 27.6 Å². The summed E-state index contributed by atoms with van der Waals surface area (Å²) in [4.78, 5) is 4.61. The Balaban J connectivity index is 1.57. The van der Waals surface area contributed by atoms with Crippen LogP contribution in [-0.4, -0.2) is 19.1 Å². The van der Waals surface area contributed by atoms with Crippen molar-refractivity contribution < 1.29 is 4.74 Å². The second-order valence-electron chi connectivity index (χ2n) is 6.10. The second kappa shape index (κ2) is 7.81. The van der Waals surface area contributed by atoms with Crippen molar-refractivity contribution in [1.82, 2.24) is 0 Å². The first kappa shape index (κ1) is 17.0. The molecule has 3 rings (SSSR count). The molecule has 5 heteroatoms. The highest BCUT2D eigenvalue weighted by Gasteiger charge is 2.30. The molecule has 0 bridgehead atoms. The van der Waals surface area contributed by atoms with Crippen LogP contribution in [0, 0.1) is 0 Å². The highest BCUT2D eigenvalue weighted by atomic mass is 79.9. The van der Waals surface area contributed by atoms with Gasteiger partial charge in [-0.25, -0.2) is 4.99 Å². The summed E-state index contributed by atoms with van der Waals surface area (Å²) in [6.07, 6.45) is 2.09. The van der Waals surface area contributed by atoms with Crippen LogP contribution in [0.15, 0.2) is 58.0 Å². The van der Waals surface area contributed by atoms with E-state index in [0.29, 0.717) is 24.5 Å². The van der Waals surface area contributed by atoms with E-state index < -0.39 is 0 Å². The zero-order valence-corrected chi connectivity index (χ0v) is 15.3. The Kier molecular flexibility index (Phi) is 5.53. The number of benzene rings is 2. The number of ether oxygens (including phenoxy) is 1. The summed E-state index contributed by atoms with van der Waals surface area (Å²) in [7, 11) is 1.69. The predicted octanol–water partition coefficient (Wildman–Crippen LogP) is 4.27. The maximum Gasteiger partial charge on any atom is 0.193 e. The van der Waals surface area contributed by atoms with Gasteiger partial charge in [0.1, 0.15) is 0 Å². The summed E-state index contributed by atoms with van der Waals surface area (Å²) in [5.74, 6) is 1.05. The van der Waals surface area contributed by atoms with Crippen molar-refractivity contribution in [3.8, 4) is 0 Å². The molecule has 0 aromatic heterocycles. The normalized spacial score (nSPS) is 20.5. The lowest BCUT2D eigenvalue weighted by Gasteiger charge is -2.33. The average molecular weight is 388 g/mol. The van der Waals surface area contributed by atoms with Crippen molar-refractivity contribution in [1.29, 1.82) is 0 Å². The SMILES string of the molecule is COCc1ccccc1NC(N)=NC1CC(c2ccc(Br)cc2)C1. The first-order chi connectivity index (χ1) is 11.7. The molecule has 1 saturated carbocycles. The molecule has 1 aliphatic rings. The van der Waals surface area contributed by atoms with Gasteiger partial charge < -0.3 is 15.8 Å². The lowest BCUT2D eigenvalue weighted by molar-refractivity contribution is 0.185. The number of nitrogens with one attached hydrogen (secondary N) is 1. The highest BCUT2D eigenvalue weighted by molar-refractivity contribution is 9.10. The standard InChI is InChI=1S/C19H22BrN3O/c1-24-12-14-4-2-3-5-18(14)23-19(21)22-17-10-15(11-17)13-6-8-16(20)9-7-13/h2-9,15,17H,10-12H2,1H3,(H3,21,22,23). The Hall–Kier alpha value is -1.85. The van der Waals surface area contributed by atoms with Crippen molar-refractivity contribution in [2.24, 2.45) is 10.7 Å². The fraction of sp³-hybridized carbons (Fsp3) is 0.316. The van der Waals surface area contributed by atoms with Crippen LogP contribution in [0.25, 0.3) is 0 Å². The number of halogens is 1. The summed E-state index contributed by atoms with van der Waals surface area (Å²) in [5, 5.41) is 3.20. The molecule has 1 fully saturated rings. The number of hydrogen-bond acceptors (Lipinski definition) is 2. The first-order valence-electron chi connectivity index (χ1n) is 8.08. The van der Waals surface area contributed by atoms with Crippen LogP contribution in [0.4, 0.5) is 5.69 Å². The molecule has 24 heavy (non-hydrogen) atoms. The quantitative estimate of drug-likeness (QED) is 0.594. The van der Waals surface area contributed by atoms with Crippen LogP contribution in [0.2, 0.25) is 0 Å². The number of anilines is 1. The molecule has 4 nitrogen and oxygen atoms in total. The molecule has 2 aromatic carbocycles. The van der Waals surface area contributed by atoms with E-state index in [1.807, 2.05) is 24.3 Å². The van der Waals surface area contributed by atoms with Crippen LogP contribution in [0.5, 0.6) is 0 Å². The Bertz CT molecular complexity index is 709. The van der Waals surface area contributed by atoms with E-state index in [1.54, 1.807) is 7.11 Å². The Morgan fingerprint density at radius 2 is 1.92 bits per heavy atom. The third kappa shape index (κ3) is 4.16. The molecule has 3 N–H and O–H groups in total. The van der Waals surface area contributed by atoms with Gasteiger partial charge in [-0.15, -0.1) is 0 Å². The number of hydrogen-bond donors (Lipinski definition) is 2. The van der Waals surface area contributed by atoms with Gasteiger partial charge in [-0.2, -0.15) is 0 Å². The number of rotatable bonds is 5. The molecule has 0 aliphatic heterocycles. The smallest absolute Gasteiger partial charge is 0.193 e. The maximum absolute atomic E-state index is 6.08. The molecular formula is C19H22BrN3O. The van der Waals surface area contributed by atoms with Gasteiger partial charge in [0.05, 0.1) is 12.6 Å². The second-order valence-corrected chi connectivity index (χ2v) is 7.02. The van der Waals surface area contributed by atoms with Crippen molar-refractivity contribution in [2.75, 3.05) is 12.4 Å². The van der Waals surface area contributed by atoms with Gasteiger partial charge in [-0.05, 0) is 42.5 Å². The summed E-state index contributed by atoms with van der Waals surface area (Å²) in [5.41, 5.74) is 9.47. The zero-order valence-electron chi connectivity index (χ0n) is 13.7. The van der Waals surface area contributed by atoms with Gasteiger partial charge in [0.15, 0.2) is 5.96 Å².